The van der Waals surface area contributed by atoms with Crippen LogP contribution >= 0.6 is 0 Å². The van der Waals surface area contributed by atoms with Crippen molar-refractivity contribution in [1.29, 1.82) is 0 Å². The van der Waals surface area contributed by atoms with E-state index in [9.17, 15) is 4.79 Å². The Labute approximate surface area is 104 Å². The fraction of sp³-hybridized carbons (Fsp3) is 0.500. The molecule has 3 nitrogen and oxygen atoms in total. The van der Waals surface area contributed by atoms with E-state index in [0.29, 0.717) is 6.54 Å². The predicted octanol–water partition coefficient (Wildman–Crippen LogP) is 2.39. The summed E-state index contributed by atoms with van der Waals surface area (Å²) in [5.41, 5.74) is 6.68. The number of hydrogen-bond acceptors (Lipinski definition) is 1. The van der Waals surface area contributed by atoms with Gasteiger partial charge < -0.3 is 10.6 Å². The fourth-order valence-corrected chi connectivity index (χ4v) is 2.06. The molecule has 0 aliphatic carbocycles. The van der Waals surface area contributed by atoms with Crippen molar-refractivity contribution >= 4 is 6.03 Å². The molecule has 0 saturated heterocycles. The maximum absolute atomic E-state index is 11.1. The van der Waals surface area contributed by atoms with Crippen LogP contribution in [0.2, 0.25) is 0 Å². The molecule has 0 spiro atoms. The first kappa shape index (κ1) is 13.6. The summed E-state index contributed by atoms with van der Waals surface area (Å²) >= 11 is 0. The number of amides is 2. The molecule has 0 heterocycles. The topological polar surface area (TPSA) is 41.1 Å². The number of urea groups is 1. The molecule has 2 N–H and O–H groups in total. The Morgan fingerprint density at radius 3 is 2.12 bits per heavy atom. The van der Waals surface area contributed by atoms with E-state index < -0.39 is 0 Å². The van der Waals surface area contributed by atoms with Crippen molar-refractivity contribution in [2.45, 2.75) is 34.1 Å². The third-order valence-corrected chi connectivity index (χ3v) is 3.41. The minimum Gasteiger partial charge on any atom is -0.341 e. The van der Waals surface area contributed by atoms with Gasteiger partial charge in [0.15, 0.2) is 0 Å². The van der Waals surface area contributed by atoms with Crippen LogP contribution in [0.5, 0.6) is 0 Å². The van der Waals surface area contributed by atoms with Crippen LogP contribution in [-0.2, 0) is 6.42 Å². The molecule has 2 amide bonds. The molecular weight excluding hydrogens is 212 g/mol. The molecule has 3 heteroatoms. The van der Waals surface area contributed by atoms with Crippen molar-refractivity contribution in [1.82, 2.24) is 10.6 Å². The van der Waals surface area contributed by atoms with E-state index in [1.165, 1.54) is 27.8 Å². The largest absolute Gasteiger partial charge is 0.341 e. The van der Waals surface area contributed by atoms with Gasteiger partial charge in [0.2, 0.25) is 0 Å². The van der Waals surface area contributed by atoms with Crippen LogP contribution in [-0.4, -0.2) is 19.6 Å². The van der Waals surface area contributed by atoms with Crippen molar-refractivity contribution in [3.05, 3.63) is 33.9 Å². The molecule has 0 aliphatic rings. The summed E-state index contributed by atoms with van der Waals surface area (Å²) in [4.78, 5) is 11.1. The third kappa shape index (κ3) is 3.22. The number of aryl methyl sites for hydroxylation is 2. The lowest BCUT2D eigenvalue weighted by Gasteiger charge is -2.15. The second kappa shape index (κ2) is 5.71. The van der Waals surface area contributed by atoms with Crippen LogP contribution in [0.1, 0.15) is 27.8 Å². The summed E-state index contributed by atoms with van der Waals surface area (Å²) in [5, 5.41) is 5.38. The van der Waals surface area contributed by atoms with Gasteiger partial charge in [-0.1, -0.05) is 6.07 Å². The second-order valence-corrected chi connectivity index (χ2v) is 4.49. The zero-order valence-corrected chi connectivity index (χ0v) is 11.4. The van der Waals surface area contributed by atoms with E-state index in [2.05, 4.69) is 44.4 Å². The first-order valence-corrected chi connectivity index (χ1v) is 5.99. The van der Waals surface area contributed by atoms with E-state index >= 15 is 0 Å². The lowest BCUT2D eigenvalue weighted by molar-refractivity contribution is 0.243. The highest BCUT2D eigenvalue weighted by molar-refractivity contribution is 5.73. The highest BCUT2D eigenvalue weighted by atomic mass is 16.2. The van der Waals surface area contributed by atoms with Crippen molar-refractivity contribution in [2.75, 3.05) is 13.6 Å². The number of nitrogens with one attached hydrogen (secondary N) is 2. The molecule has 1 aromatic carbocycles. The molecule has 0 unspecified atom stereocenters. The number of rotatable bonds is 3. The number of hydrogen-bond donors (Lipinski definition) is 2. The van der Waals surface area contributed by atoms with Gasteiger partial charge in [0.25, 0.3) is 0 Å². The Morgan fingerprint density at radius 2 is 1.65 bits per heavy atom. The van der Waals surface area contributed by atoms with Gasteiger partial charge in [-0.15, -0.1) is 0 Å². The predicted molar refractivity (Wildman–Crippen MR) is 71.6 cm³/mol. The highest BCUT2D eigenvalue weighted by Gasteiger charge is 2.08. The number of carbonyl (C=O) groups is 1. The lowest BCUT2D eigenvalue weighted by atomic mass is 9.92. The zero-order chi connectivity index (χ0) is 13.0. The van der Waals surface area contributed by atoms with E-state index in [1.807, 2.05) is 0 Å². The van der Waals surface area contributed by atoms with Crippen LogP contribution < -0.4 is 10.6 Å². The number of carbonyl (C=O) groups excluding carboxylic acids is 1. The summed E-state index contributed by atoms with van der Waals surface area (Å²) < 4.78 is 0. The average Bonchev–Trinajstić information content (AvgIpc) is 2.30. The van der Waals surface area contributed by atoms with Crippen LogP contribution in [0, 0.1) is 27.7 Å². The van der Waals surface area contributed by atoms with Gasteiger partial charge in [0.05, 0.1) is 0 Å². The standard InChI is InChI=1S/C14H22N2O/c1-9-8-10(2)12(4)13(11(9)3)6-7-16-14(17)15-5/h8H,6-7H2,1-5H3,(H2,15,16,17). The Morgan fingerprint density at radius 1 is 1.12 bits per heavy atom. The van der Waals surface area contributed by atoms with Gasteiger partial charge in [-0.2, -0.15) is 0 Å². The summed E-state index contributed by atoms with van der Waals surface area (Å²) in [5.74, 6) is 0. The summed E-state index contributed by atoms with van der Waals surface area (Å²) in [6, 6.07) is 2.10. The van der Waals surface area contributed by atoms with Gasteiger partial charge in [-0.05, 0) is 61.9 Å². The Kier molecular flexibility index (Phi) is 4.55. The molecule has 0 fully saturated rings. The van der Waals surface area contributed by atoms with Crippen molar-refractivity contribution in [2.24, 2.45) is 0 Å². The monoisotopic (exact) mass is 234 g/mol. The second-order valence-electron chi connectivity index (χ2n) is 4.49. The van der Waals surface area contributed by atoms with E-state index in [4.69, 9.17) is 0 Å². The Balaban J connectivity index is 2.80. The Bertz CT molecular complexity index is 398. The molecule has 0 bridgehead atoms. The fourth-order valence-electron chi connectivity index (χ4n) is 2.06. The van der Waals surface area contributed by atoms with Gasteiger partial charge in [-0.3, -0.25) is 0 Å². The highest BCUT2D eigenvalue weighted by Crippen LogP contribution is 2.21. The minimum atomic E-state index is -0.121. The number of benzene rings is 1. The van der Waals surface area contributed by atoms with Crippen LogP contribution in [0.25, 0.3) is 0 Å². The molecule has 1 rings (SSSR count). The van der Waals surface area contributed by atoms with Gasteiger partial charge in [0.1, 0.15) is 0 Å². The smallest absolute Gasteiger partial charge is 0.314 e. The first-order chi connectivity index (χ1) is 7.97. The molecule has 1 aromatic rings. The molecule has 0 aliphatic heterocycles. The molecular formula is C14H22N2O. The van der Waals surface area contributed by atoms with Crippen molar-refractivity contribution < 1.29 is 4.79 Å². The van der Waals surface area contributed by atoms with Crippen LogP contribution in [0.15, 0.2) is 6.07 Å². The lowest BCUT2D eigenvalue weighted by Crippen LogP contribution is -2.34. The molecule has 94 valence electrons. The summed E-state index contributed by atoms with van der Waals surface area (Å²) in [6.07, 6.45) is 0.883. The van der Waals surface area contributed by atoms with E-state index in [0.717, 1.165) is 6.42 Å². The quantitative estimate of drug-likeness (QED) is 0.828. The molecule has 0 saturated carbocycles. The molecule has 0 aromatic heterocycles. The molecule has 0 atom stereocenters. The van der Waals surface area contributed by atoms with Gasteiger partial charge >= 0.3 is 6.03 Å². The third-order valence-electron chi connectivity index (χ3n) is 3.41. The van der Waals surface area contributed by atoms with Crippen LogP contribution in [0.4, 0.5) is 4.79 Å². The average molecular weight is 234 g/mol. The zero-order valence-electron chi connectivity index (χ0n) is 11.4. The SMILES string of the molecule is CNC(=O)NCCc1c(C)c(C)cc(C)c1C. The normalized spacial score (nSPS) is 10.2. The summed E-state index contributed by atoms with van der Waals surface area (Å²) in [6.45, 7) is 9.24. The van der Waals surface area contributed by atoms with Gasteiger partial charge in [-0.25, -0.2) is 4.79 Å². The van der Waals surface area contributed by atoms with E-state index in [-0.39, 0.29) is 6.03 Å². The summed E-state index contributed by atoms with van der Waals surface area (Å²) in [7, 11) is 1.63. The van der Waals surface area contributed by atoms with Crippen LogP contribution in [0.3, 0.4) is 0 Å². The van der Waals surface area contributed by atoms with E-state index in [1.54, 1.807) is 7.05 Å². The maximum Gasteiger partial charge on any atom is 0.314 e. The molecule has 17 heavy (non-hydrogen) atoms. The first-order valence-electron chi connectivity index (χ1n) is 5.99. The Hall–Kier alpha value is -1.51. The maximum atomic E-state index is 11.1. The minimum absolute atomic E-state index is 0.121. The van der Waals surface area contributed by atoms with Gasteiger partial charge in [0, 0.05) is 13.6 Å². The van der Waals surface area contributed by atoms with Crippen molar-refractivity contribution in [3.8, 4) is 0 Å². The molecule has 0 radical (unpaired) electrons. The van der Waals surface area contributed by atoms with Crippen molar-refractivity contribution in [3.63, 3.8) is 0 Å².